The number of fused-ring (bicyclic) bond motifs is 2. The lowest BCUT2D eigenvalue weighted by molar-refractivity contribution is 0.0218. The first-order valence-corrected chi connectivity index (χ1v) is 10.7. The number of morpholine rings is 1. The normalized spacial score (nSPS) is 26.5. The Morgan fingerprint density at radius 3 is 2.50 bits per heavy atom. The molecule has 0 N–H and O–H groups in total. The maximum absolute atomic E-state index is 12.4. The van der Waals surface area contributed by atoms with E-state index < -0.39 is 5.60 Å². The molecule has 2 unspecified atom stereocenters. The lowest BCUT2D eigenvalue weighted by Gasteiger charge is -2.41. The molecule has 0 aromatic carbocycles. The topological polar surface area (TPSA) is 94.8 Å². The Labute approximate surface area is 177 Å². The predicted molar refractivity (Wildman–Crippen MR) is 111 cm³/mol. The van der Waals surface area contributed by atoms with Crippen LogP contribution in [0.4, 0.5) is 16.3 Å². The summed E-state index contributed by atoms with van der Waals surface area (Å²) in [5.74, 6) is 0.783. The highest BCUT2D eigenvalue weighted by atomic mass is 16.6. The number of nitrogens with zero attached hydrogens (tertiary/aromatic N) is 6. The molecule has 162 valence electrons. The van der Waals surface area contributed by atoms with E-state index in [-0.39, 0.29) is 24.3 Å². The maximum atomic E-state index is 12.4. The van der Waals surface area contributed by atoms with Crippen LogP contribution in [0.1, 0.15) is 46.2 Å². The second-order valence-corrected chi connectivity index (χ2v) is 9.38. The van der Waals surface area contributed by atoms with Crippen molar-refractivity contribution < 1.29 is 14.3 Å². The third-order valence-corrected chi connectivity index (χ3v) is 5.82. The van der Waals surface area contributed by atoms with E-state index in [1.807, 2.05) is 33.8 Å². The van der Waals surface area contributed by atoms with Crippen LogP contribution in [-0.4, -0.2) is 77.8 Å². The Morgan fingerprint density at radius 2 is 1.90 bits per heavy atom. The molecule has 4 heterocycles. The molecule has 30 heavy (non-hydrogen) atoms. The maximum Gasteiger partial charge on any atom is 0.410 e. The molecule has 4 rings (SSSR count). The minimum absolute atomic E-state index is 0.0243. The molecule has 3 atom stereocenters. The number of aromatic nitrogens is 2. The lowest BCUT2D eigenvalue weighted by Crippen LogP contribution is -2.55. The van der Waals surface area contributed by atoms with Crippen LogP contribution in [0.5, 0.6) is 0 Å². The third kappa shape index (κ3) is 4.29. The zero-order valence-corrected chi connectivity index (χ0v) is 18.2. The van der Waals surface area contributed by atoms with Crippen molar-refractivity contribution >= 4 is 17.6 Å². The second-order valence-electron chi connectivity index (χ2n) is 9.38. The predicted octanol–water partition coefficient (Wildman–Crippen LogP) is 2.16. The van der Waals surface area contributed by atoms with Gasteiger partial charge in [-0.3, -0.25) is 0 Å². The van der Waals surface area contributed by atoms with Gasteiger partial charge in [-0.1, -0.05) is 0 Å². The summed E-state index contributed by atoms with van der Waals surface area (Å²) in [6.07, 6.45) is 2.37. The summed E-state index contributed by atoms with van der Waals surface area (Å²) >= 11 is 0. The lowest BCUT2D eigenvalue weighted by atomic mass is 10.1. The molecule has 1 aromatic heterocycles. The fourth-order valence-electron chi connectivity index (χ4n) is 4.43. The van der Waals surface area contributed by atoms with Crippen molar-refractivity contribution in [3.63, 3.8) is 0 Å². The van der Waals surface area contributed by atoms with Crippen molar-refractivity contribution in [2.75, 3.05) is 42.5 Å². The van der Waals surface area contributed by atoms with Gasteiger partial charge in [0.25, 0.3) is 0 Å². The van der Waals surface area contributed by atoms with Gasteiger partial charge < -0.3 is 24.2 Å². The zero-order chi connectivity index (χ0) is 21.5. The monoisotopic (exact) mass is 414 g/mol. The SMILES string of the molecule is C[C@@H]1CN(C(=O)OC(C)(C)C)CCN1c1cc(N2CC3CCC(C2)O3)nnc1C#N. The molecule has 3 saturated heterocycles. The Hall–Kier alpha value is -2.60. The van der Waals surface area contributed by atoms with Gasteiger partial charge in [0.15, 0.2) is 11.5 Å². The quantitative estimate of drug-likeness (QED) is 0.727. The number of ether oxygens (including phenoxy) is 2. The second kappa shape index (κ2) is 7.91. The number of nitriles is 1. The third-order valence-electron chi connectivity index (χ3n) is 5.82. The van der Waals surface area contributed by atoms with Crippen LogP contribution in [0.25, 0.3) is 0 Å². The van der Waals surface area contributed by atoms with E-state index in [0.29, 0.717) is 25.3 Å². The smallest absolute Gasteiger partial charge is 0.410 e. The van der Waals surface area contributed by atoms with Crippen LogP contribution in [0.2, 0.25) is 0 Å². The fraction of sp³-hybridized carbons (Fsp3) is 0.714. The standard InChI is InChI=1S/C21H30N6O3/c1-14-11-25(20(28)30-21(2,3)4)7-8-27(14)18-9-19(24-23-17(18)10-22)26-12-15-5-6-16(13-26)29-15/h9,14-16H,5-8,11-13H2,1-4H3/t14-,15?,16?/m1/s1. The number of anilines is 2. The van der Waals surface area contributed by atoms with Gasteiger partial charge in [0, 0.05) is 44.8 Å². The molecule has 0 aliphatic carbocycles. The molecule has 1 aromatic rings. The van der Waals surface area contributed by atoms with Crippen molar-refractivity contribution in [3.8, 4) is 6.07 Å². The van der Waals surface area contributed by atoms with Crippen LogP contribution in [0.3, 0.4) is 0 Å². The van der Waals surface area contributed by atoms with E-state index in [9.17, 15) is 10.1 Å². The summed E-state index contributed by atoms with van der Waals surface area (Å²) in [5, 5.41) is 18.1. The van der Waals surface area contributed by atoms with E-state index in [4.69, 9.17) is 9.47 Å². The molecule has 2 bridgehead atoms. The van der Waals surface area contributed by atoms with Crippen molar-refractivity contribution in [2.45, 2.75) is 64.4 Å². The van der Waals surface area contributed by atoms with Crippen molar-refractivity contribution in [1.82, 2.24) is 15.1 Å². The van der Waals surface area contributed by atoms with E-state index in [0.717, 1.165) is 37.4 Å². The Balaban J connectivity index is 1.51. The van der Waals surface area contributed by atoms with E-state index >= 15 is 0 Å². The van der Waals surface area contributed by atoms with Crippen LogP contribution in [0, 0.1) is 11.3 Å². The summed E-state index contributed by atoms with van der Waals surface area (Å²) in [6, 6.07) is 4.17. The molecule has 0 radical (unpaired) electrons. The van der Waals surface area contributed by atoms with Gasteiger partial charge in [0.05, 0.1) is 17.9 Å². The number of carbonyl (C=O) groups is 1. The molecular weight excluding hydrogens is 384 g/mol. The Kier molecular flexibility index (Phi) is 5.45. The molecule has 1 amide bonds. The van der Waals surface area contributed by atoms with Gasteiger partial charge in [0.2, 0.25) is 0 Å². The summed E-state index contributed by atoms with van der Waals surface area (Å²) in [7, 11) is 0. The van der Waals surface area contributed by atoms with Gasteiger partial charge in [-0.05, 0) is 40.5 Å². The Bertz CT molecular complexity index is 836. The van der Waals surface area contributed by atoms with Gasteiger partial charge in [-0.15, -0.1) is 10.2 Å². The molecule has 9 heteroatoms. The van der Waals surface area contributed by atoms with Crippen molar-refractivity contribution in [1.29, 1.82) is 5.26 Å². The number of rotatable bonds is 2. The van der Waals surface area contributed by atoms with Crippen LogP contribution in [0.15, 0.2) is 6.07 Å². The van der Waals surface area contributed by atoms with Gasteiger partial charge >= 0.3 is 6.09 Å². The zero-order valence-electron chi connectivity index (χ0n) is 18.2. The first-order valence-electron chi connectivity index (χ1n) is 10.7. The number of carbonyl (C=O) groups excluding carboxylic acids is 1. The van der Waals surface area contributed by atoms with Crippen LogP contribution < -0.4 is 9.80 Å². The van der Waals surface area contributed by atoms with Gasteiger partial charge in [-0.2, -0.15) is 5.26 Å². The molecule has 9 nitrogen and oxygen atoms in total. The summed E-state index contributed by atoms with van der Waals surface area (Å²) in [5.41, 5.74) is 0.567. The average Bonchev–Trinajstić information content (AvgIpc) is 3.03. The molecule has 0 saturated carbocycles. The van der Waals surface area contributed by atoms with E-state index in [2.05, 4.69) is 26.1 Å². The summed E-state index contributed by atoms with van der Waals surface area (Å²) in [6.45, 7) is 10.9. The molecule has 3 fully saturated rings. The molecule has 3 aliphatic heterocycles. The highest BCUT2D eigenvalue weighted by molar-refractivity contribution is 5.69. The van der Waals surface area contributed by atoms with E-state index in [1.54, 1.807) is 4.90 Å². The van der Waals surface area contributed by atoms with Crippen LogP contribution >= 0.6 is 0 Å². The molecule has 0 spiro atoms. The van der Waals surface area contributed by atoms with E-state index in [1.165, 1.54) is 0 Å². The Morgan fingerprint density at radius 1 is 1.20 bits per heavy atom. The van der Waals surface area contributed by atoms with Crippen molar-refractivity contribution in [2.24, 2.45) is 0 Å². The van der Waals surface area contributed by atoms with Gasteiger partial charge in [0.1, 0.15) is 11.7 Å². The first-order chi connectivity index (χ1) is 14.2. The number of piperazine rings is 1. The summed E-state index contributed by atoms with van der Waals surface area (Å²) < 4.78 is 11.4. The highest BCUT2D eigenvalue weighted by Gasteiger charge is 2.36. The molecule has 3 aliphatic rings. The molecular formula is C21H30N6O3. The number of amides is 1. The minimum Gasteiger partial charge on any atom is -0.444 e. The minimum atomic E-state index is -0.521. The van der Waals surface area contributed by atoms with Gasteiger partial charge in [-0.25, -0.2) is 4.79 Å². The number of hydrogen-bond acceptors (Lipinski definition) is 8. The largest absolute Gasteiger partial charge is 0.444 e. The van der Waals surface area contributed by atoms with Crippen molar-refractivity contribution in [3.05, 3.63) is 11.8 Å². The summed E-state index contributed by atoms with van der Waals surface area (Å²) in [4.78, 5) is 18.5. The highest BCUT2D eigenvalue weighted by Crippen LogP contribution is 2.32. The number of hydrogen-bond donors (Lipinski definition) is 0. The fourth-order valence-corrected chi connectivity index (χ4v) is 4.43. The van der Waals surface area contributed by atoms with Crippen LogP contribution in [-0.2, 0) is 9.47 Å². The average molecular weight is 415 g/mol. The first kappa shape index (κ1) is 20.7.